The topological polar surface area (TPSA) is 104 Å². The molecule has 0 aliphatic heterocycles. The molecule has 2 heterocycles. The van der Waals surface area contributed by atoms with Crippen LogP contribution in [0.1, 0.15) is 17.0 Å². The van der Waals surface area contributed by atoms with Gasteiger partial charge >= 0.3 is 12.1 Å². The van der Waals surface area contributed by atoms with E-state index in [4.69, 9.17) is 5.73 Å². The summed E-state index contributed by atoms with van der Waals surface area (Å²) in [5.74, 6) is -2.23. The number of rotatable bonds is 5. The highest BCUT2D eigenvalue weighted by Gasteiger charge is 2.38. The van der Waals surface area contributed by atoms with Crippen LogP contribution in [0.2, 0.25) is 0 Å². The molecule has 0 radical (unpaired) electrons. The third kappa shape index (κ3) is 4.40. The maximum Gasteiger partial charge on any atom is 0.471 e. The SMILES string of the molecule is NC(=O)Cc1ccc(Cn2ccc(-c3noc(C(F)(F)F)n3)cc2=O)cc1. The number of aromatic nitrogens is 3. The second-order valence-electron chi connectivity index (χ2n) is 5.76. The molecular formula is C17H13F3N4O3. The number of primary amides is 1. The summed E-state index contributed by atoms with van der Waals surface area (Å²) in [5, 5.41) is 3.25. The Bertz CT molecular complexity index is 1020. The smallest absolute Gasteiger partial charge is 0.369 e. The minimum atomic E-state index is -4.75. The second-order valence-corrected chi connectivity index (χ2v) is 5.76. The van der Waals surface area contributed by atoms with Crippen molar-refractivity contribution in [2.45, 2.75) is 19.1 Å². The molecule has 0 unspecified atom stereocenters. The molecule has 0 aliphatic carbocycles. The third-order valence-electron chi connectivity index (χ3n) is 3.68. The van der Waals surface area contributed by atoms with Gasteiger partial charge in [-0.15, -0.1) is 0 Å². The first-order valence-corrected chi connectivity index (χ1v) is 7.70. The van der Waals surface area contributed by atoms with Crippen molar-refractivity contribution in [3.8, 4) is 11.4 Å². The molecule has 3 aromatic rings. The Morgan fingerprint density at radius 1 is 1.15 bits per heavy atom. The van der Waals surface area contributed by atoms with Crippen molar-refractivity contribution in [2.24, 2.45) is 5.73 Å². The van der Waals surface area contributed by atoms with Gasteiger partial charge in [0.15, 0.2) is 0 Å². The maximum atomic E-state index is 12.5. The number of carbonyl (C=O) groups is 1. The molecule has 0 saturated carbocycles. The molecule has 1 amide bonds. The molecule has 1 aromatic carbocycles. The number of nitrogens with zero attached hydrogens (tertiary/aromatic N) is 3. The van der Waals surface area contributed by atoms with Gasteiger partial charge in [-0.25, -0.2) is 0 Å². The summed E-state index contributed by atoms with van der Waals surface area (Å²) in [6.45, 7) is 0.246. The highest BCUT2D eigenvalue weighted by Crippen LogP contribution is 2.29. The Morgan fingerprint density at radius 3 is 2.37 bits per heavy atom. The van der Waals surface area contributed by atoms with Gasteiger partial charge in [0.25, 0.3) is 5.56 Å². The predicted octanol–water partition coefficient (Wildman–Crippen LogP) is 1.99. The van der Waals surface area contributed by atoms with Crippen LogP contribution in [0.4, 0.5) is 13.2 Å². The number of carbonyl (C=O) groups excluding carboxylic acids is 1. The number of nitrogens with two attached hydrogens (primary N) is 1. The van der Waals surface area contributed by atoms with Crippen LogP contribution >= 0.6 is 0 Å². The van der Waals surface area contributed by atoms with Crippen LogP contribution in [0.3, 0.4) is 0 Å². The third-order valence-corrected chi connectivity index (χ3v) is 3.68. The van der Waals surface area contributed by atoms with E-state index in [1.165, 1.54) is 16.8 Å². The first-order valence-electron chi connectivity index (χ1n) is 7.70. The molecule has 0 atom stereocenters. The predicted molar refractivity (Wildman–Crippen MR) is 87.4 cm³/mol. The van der Waals surface area contributed by atoms with Gasteiger partial charge in [-0.05, 0) is 17.2 Å². The van der Waals surface area contributed by atoms with Crippen LogP contribution in [0.15, 0.2) is 51.9 Å². The Labute approximate surface area is 150 Å². The van der Waals surface area contributed by atoms with Gasteiger partial charge in [-0.1, -0.05) is 29.4 Å². The van der Waals surface area contributed by atoms with E-state index in [1.807, 2.05) is 0 Å². The fraction of sp³-hybridized carbons (Fsp3) is 0.176. The van der Waals surface area contributed by atoms with Gasteiger partial charge < -0.3 is 14.8 Å². The van der Waals surface area contributed by atoms with Gasteiger partial charge in [0.2, 0.25) is 11.7 Å². The van der Waals surface area contributed by atoms with Gasteiger partial charge in [0.05, 0.1) is 13.0 Å². The molecular weight excluding hydrogens is 365 g/mol. The molecule has 7 nitrogen and oxygen atoms in total. The van der Waals surface area contributed by atoms with Crippen LogP contribution < -0.4 is 11.3 Å². The summed E-state index contributed by atoms with van der Waals surface area (Å²) in [7, 11) is 0. The quantitative estimate of drug-likeness (QED) is 0.731. The summed E-state index contributed by atoms with van der Waals surface area (Å²) in [6, 6.07) is 9.54. The van der Waals surface area contributed by atoms with E-state index in [9.17, 15) is 22.8 Å². The van der Waals surface area contributed by atoms with Crippen LogP contribution in [-0.2, 0) is 23.9 Å². The molecule has 2 aromatic heterocycles. The molecule has 0 spiro atoms. The van der Waals surface area contributed by atoms with Gasteiger partial charge in [-0.3, -0.25) is 9.59 Å². The highest BCUT2D eigenvalue weighted by atomic mass is 19.4. The van der Waals surface area contributed by atoms with Crippen molar-refractivity contribution in [3.63, 3.8) is 0 Å². The number of benzene rings is 1. The fourth-order valence-electron chi connectivity index (χ4n) is 2.39. The van der Waals surface area contributed by atoms with Crippen molar-refractivity contribution < 1.29 is 22.5 Å². The number of amides is 1. The van der Waals surface area contributed by atoms with Crippen molar-refractivity contribution >= 4 is 5.91 Å². The largest absolute Gasteiger partial charge is 0.471 e. The van der Waals surface area contributed by atoms with Crippen molar-refractivity contribution in [1.29, 1.82) is 0 Å². The lowest BCUT2D eigenvalue weighted by atomic mass is 10.1. The number of hydrogen-bond acceptors (Lipinski definition) is 5. The Kier molecular flexibility index (Phi) is 4.80. The molecule has 140 valence electrons. The normalized spacial score (nSPS) is 11.5. The van der Waals surface area contributed by atoms with Crippen LogP contribution in [0.25, 0.3) is 11.4 Å². The fourth-order valence-corrected chi connectivity index (χ4v) is 2.39. The molecule has 0 aliphatic rings. The van der Waals surface area contributed by atoms with Crippen LogP contribution in [-0.4, -0.2) is 20.6 Å². The lowest BCUT2D eigenvalue weighted by molar-refractivity contribution is -0.159. The summed E-state index contributed by atoms with van der Waals surface area (Å²) in [4.78, 5) is 26.4. The molecule has 0 saturated heterocycles. The van der Waals surface area contributed by atoms with Crippen molar-refractivity contribution in [1.82, 2.24) is 14.7 Å². The summed E-state index contributed by atoms with van der Waals surface area (Å²) in [6.07, 6.45) is -3.20. The number of hydrogen-bond donors (Lipinski definition) is 1. The zero-order valence-corrected chi connectivity index (χ0v) is 13.7. The van der Waals surface area contributed by atoms with Gasteiger partial charge in [0.1, 0.15) is 0 Å². The summed E-state index contributed by atoms with van der Waals surface area (Å²) >= 11 is 0. The van der Waals surface area contributed by atoms with Crippen molar-refractivity contribution in [3.05, 3.63) is 70.0 Å². The number of pyridine rings is 1. The van der Waals surface area contributed by atoms with E-state index >= 15 is 0 Å². The van der Waals surface area contributed by atoms with Crippen LogP contribution in [0, 0.1) is 0 Å². The minimum absolute atomic E-state index is 0.118. The molecule has 2 N–H and O–H groups in total. The van der Waals surface area contributed by atoms with Crippen molar-refractivity contribution in [2.75, 3.05) is 0 Å². The second kappa shape index (κ2) is 7.06. The van der Waals surface area contributed by atoms with E-state index in [1.54, 1.807) is 24.3 Å². The molecule has 27 heavy (non-hydrogen) atoms. The lowest BCUT2D eigenvalue weighted by Gasteiger charge is -2.07. The lowest BCUT2D eigenvalue weighted by Crippen LogP contribution is -2.19. The molecule has 0 fully saturated rings. The monoisotopic (exact) mass is 378 g/mol. The van der Waals surface area contributed by atoms with E-state index < -0.39 is 23.5 Å². The minimum Gasteiger partial charge on any atom is -0.369 e. The summed E-state index contributed by atoms with van der Waals surface area (Å²) < 4.78 is 43.1. The highest BCUT2D eigenvalue weighted by molar-refractivity contribution is 5.76. The average Bonchev–Trinajstić information content (AvgIpc) is 3.08. The first kappa shape index (κ1) is 18.4. The standard InChI is InChI=1S/C17H13F3N4O3/c18-17(19,20)16-22-15(23-27-16)12-5-6-24(14(26)8-12)9-11-3-1-10(2-4-11)7-13(21)25/h1-6,8H,7,9H2,(H2,21,25). The average molecular weight is 378 g/mol. The number of alkyl halides is 3. The van der Waals surface area contributed by atoms with E-state index in [-0.39, 0.29) is 24.4 Å². The molecule has 10 heteroatoms. The zero-order valence-electron chi connectivity index (χ0n) is 13.7. The van der Waals surface area contributed by atoms with E-state index in [2.05, 4.69) is 14.7 Å². The Hall–Kier alpha value is -3.43. The number of halogens is 3. The van der Waals surface area contributed by atoms with Gasteiger partial charge in [-0.2, -0.15) is 18.2 Å². The van der Waals surface area contributed by atoms with Crippen LogP contribution in [0.5, 0.6) is 0 Å². The zero-order chi connectivity index (χ0) is 19.6. The van der Waals surface area contributed by atoms with Gasteiger partial charge in [0, 0.05) is 17.8 Å². The molecule has 0 bridgehead atoms. The maximum absolute atomic E-state index is 12.5. The Morgan fingerprint density at radius 2 is 1.81 bits per heavy atom. The summed E-state index contributed by atoms with van der Waals surface area (Å²) in [5.41, 5.74) is 6.37. The molecule has 3 rings (SSSR count). The van der Waals surface area contributed by atoms with E-state index in [0.29, 0.717) is 0 Å². The van der Waals surface area contributed by atoms with E-state index in [0.717, 1.165) is 17.2 Å². The Balaban J connectivity index is 1.78. The first-order chi connectivity index (χ1) is 12.7.